The lowest BCUT2D eigenvalue weighted by atomic mass is 10.1. The van der Waals surface area contributed by atoms with E-state index in [1.807, 2.05) is 67.6 Å². The molecule has 0 bridgehead atoms. The summed E-state index contributed by atoms with van der Waals surface area (Å²) in [4.78, 5) is 26.5. The molecule has 4 nitrogen and oxygen atoms in total. The molecule has 3 rings (SSSR count). The zero-order chi connectivity index (χ0) is 20.1. The maximum absolute atomic E-state index is 12.5. The lowest BCUT2D eigenvalue weighted by molar-refractivity contribution is -0.131. The van der Waals surface area contributed by atoms with E-state index in [1.165, 1.54) is 0 Å². The summed E-state index contributed by atoms with van der Waals surface area (Å²) in [6.07, 6.45) is 0.244. The molecule has 5 heteroatoms. The van der Waals surface area contributed by atoms with Gasteiger partial charge >= 0.3 is 0 Å². The van der Waals surface area contributed by atoms with Crippen LogP contribution in [0.1, 0.15) is 35.3 Å². The van der Waals surface area contributed by atoms with Crippen molar-refractivity contribution < 1.29 is 9.59 Å². The van der Waals surface area contributed by atoms with Crippen LogP contribution in [0.5, 0.6) is 0 Å². The van der Waals surface area contributed by atoms with Crippen LogP contribution in [0.25, 0.3) is 10.8 Å². The van der Waals surface area contributed by atoms with Crippen LogP contribution >= 0.6 is 11.6 Å². The van der Waals surface area contributed by atoms with E-state index in [0.717, 1.165) is 16.3 Å². The average Bonchev–Trinajstić information content (AvgIpc) is 2.72. The Morgan fingerprint density at radius 2 is 1.68 bits per heavy atom. The van der Waals surface area contributed by atoms with Gasteiger partial charge in [-0.1, -0.05) is 54.1 Å². The standard InChI is InChI=1S/C23H23ClN2O2/c1-16(17-9-11-21(24)12-10-17)26(2)22(27)13-14-25-23(28)20-8-7-18-5-3-4-6-19(18)15-20/h3-12,15-16H,13-14H2,1-2H3,(H,25,28). The molecular weight excluding hydrogens is 372 g/mol. The Kier molecular flexibility index (Phi) is 6.32. The molecule has 0 heterocycles. The number of carbonyl (C=O) groups is 2. The van der Waals surface area contributed by atoms with Gasteiger partial charge in [0, 0.05) is 30.6 Å². The van der Waals surface area contributed by atoms with E-state index in [-0.39, 0.29) is 24.3 Å². The Labute approximate surface area is 170 Å². The SMILES string of the molecule is CC(c1ccc(Cl)cc1)N(C)C(=O)CCNC(=O)c1ccc2ccccc2c1. The minimum absolute atomic E-state index is 0.0266. The van der Waals surface area contributed by atoms with Crippen LogP contribution in [0, 0.1) is 0 Å². The molecule has 0 radical (unpaired) electrons. The summed E-state index contributed by atoms with van der Waals surface area (Å²) in [5, 5.41) is 5.61. The quantitative estimate of drug-likeness (QED) is 0.650. The van der Waals surface area contributed by atoms with Gasteiger partial charge in [0.1, 0.15) is 0 Å². The Morgan fingerprint density at radius 1 is 1.00 bits per heavy atom. The Balaban J connectivity index is 1.53. The minimum Gasteiger partial charge on any atom is -0.352 e. The molecule has 0 aliphatic heterocycles. The van der Waals surface area contributed by atoms with Crippen molar-refractivity contribution >= 4 is 34.2 Å². The molecule has 1 N–H and O–H groups in total. The molecule has 1 atom stereocenters. The monoisotopic (exact) mass is 394 g/mol. The first-order valence-electron chi connectivity index (χ1n) is 9.24. The van der Waals surface area contributed by atoms with Crippen molar-refractivity contribution in [3.63, 3.8) is 0 Å². The van der Waals surface area contributed by atoms with Crippen LogP contribution in [0.4, 0.5) is 0 Å². The third-order valence-corrected chi connectivity index (χ3v) is 5.21. The van der Waals surface area contributed by atoms with E-state index in [4.69, 9.17) is 11.6 Å². The third kappa shape index (κ3) is 4.70. The first-order chi connectivity index (χ1) is 13.5. The van der Waals surface area contributed by atoms with E-state index < -0.39 is 0 Å². The summed E-state index contributed by atoms with van der Waals surface area (Å²) in [6.45, 7) is 2.26. The van der Waals surface area contributed by atoms with Gasteiger partial charge in [0.15, 0.2) is 0 Å². The Hall–Kier alpha value is -2.85. The molecule has 0 saturated heterocycles. The number of fused-ring (bicyclic) bond motifs is 1. The molecule has 0 aliphatic carbocycles. The first-order valence-corrected chi connectivity index (χ1v) is 9.61. The highest BCUT2D eigenvalue weighted by atomic mass is 35.5. The molecule has 0 fully saturated rings. The lowest BCUT2D eigenvalue weighted by Gasteiger charge is -2.25. The van der Waals surface area contributed by atoms with E-state index in [9.17, 15) is 9.59 Å². The fourth-order valence-electron chi connectivity index (χ4n) is 3.07. The molecule has 3 aromatic carbocycles. The molecule has 28 heavy (non-hydrogen) atoms. The van der Waals surface area contributed by atoms with Gasteiger partial charge < -0.3 is 10.2 Å². The molecule has 0 aliphatic rings. The van der Waals surface area contributed by atoms with E-state index in [1.54, 1.807) is 18.0 Å². The number of rotatable bonds is 6. The largest absolute Gasteiger partial charge is 0.352 e. The van der Waals surface area contributed by atoms with Crippen molar-refractivity contribution in [3.05, 3.63) is 82.9 Å². The molecule has 0 saturated carbocycles. The van der Waals surface area contributed by atoms with Gasteiger partial charge in [-0.15, -0.1) is 0 Å². The third-order valence-electron chi connectivity index (χ3n) is 4.96. The molecule has 0 aromatic heterocycles. The van der Waals surface area contributed by atoms with E-state index in [0.29, 0.717) is 17.1 Å². The van der Waals surface area contributed by atoms with Crippen LogP contribution < -0.4 is 5.32 Å². The second kappa shape index (κ2) is 8.89. The van der Waals surface area contributed by atoms with Crippen molar-refractivity contribution in [1.29, 1.82) is 0 Å². The highest BCUT2D eigenvalue weighted by molar-refractivity contribution is 6.30. The fraction of sp³-hybridized carbons (Fsp3) is 0.217. The number of nitrogens with one attached hydrogen (secondary N) is 1. The van der Waals surface area contributed by atoms with Crippen molar-refractivity contribution in [2.75, 3.05) is 13.6 Å². The lowest BCUT2D eigenvalue weighted by Crippen LogP contribution is -2.33. The summed E-state index contributed by atoms with van der Waals surface area (Å²) in [7, 11) is 1.77. The predicted octanol–water partition coefficient (Wildman–Crippen LogP) is 4.83. The molecule has 0 spiro atoms. The second-order valence-corrected chi connectivity index (χ2v) is 7.24. The van der Waals surface area contributed by atoms with Crippen LogP contribution in [0.2, 0.25) is 5.02 Å². The number of hydrogen-bond donors (Lipinski definition) is 1. The summed E-state index contributed by atoms with van der Waals surface area (Å²) in [5.41, 5.74) is 1.61. The maximum atomic E-state index is 12.5. The number of halogens is 1. The van der Waals surface area contributed by atoms with Crippen molar-refractivity contribution in [2.24, 2.45) is 0 Å². The maximum Gasteiger partial charge on any atom is 0.251 e. The summed E-state index contributed by atoms with van der Waals surface area (Å²) in [5.74, 6) is -0.201. The zero-order valence-corrected chi connectivity index (χ0v) is 16.7. The first kappa shape index (κ1) is 19.9. The molecule has 144 valence electrons. The topological polar surface area (TPSA) is 49.4 Å². The molecule has 3 aromatic rings. The van der Waals surface area contributed by atoms with Gasteiger partial charge in [0.25, 0.3) is 5.91 Å². The van der Waals surface area contributed by atoms with E-state index >= 15 is 0 Å². The van der Waals surface area contributed by atoms with Crippen LogP contribution in [-0.2, 0) is 4.79 Å². The summed E-state index contributed by atoms with van der Waals surface area (Å²) >= 11 is 5.92. The fourth-order valence-corrected chi connectivity index (χ4v) is 3.20. The van der Waals surface area contributed by atoms with Gasteiger partial charge in [-0.25, -0.2) is 0 Å². The van der Waals surface area contributed by atoms with Crippen molar-refractivity contribution in [1.82, 2.24) is 10.2 Å². The van der Waals surface area contributed by atoms with E-state index in [2.05, 4.69) is 5.32 Å². The minimum atomic E-state index is -0.174. The number of hydrogen-bond acceptors (Lipinski definition) is 2. The highest BCUT2D eigenvalue weighted by Crippen LogP contribution is 2.21. The Morgan fingerprint density at radius 3 is 2.39 bits per heavy atom. The van der Waals surface area contributed by atoms with Crippen LogP contribution in [0.15, 0.2) is 66.7 Å². The smallest absolute Gasteiger partial charge is 0.251 e. The number of amides is 2. The van der Waals surface area contributed by atoms with Crippen LogP contribution in [0.3, 0.4) is 0 Å². The second-order valence-electron chi connectivity index (χ2n) is 6.80. The Bertz CT molecular complexity index is 985. The van der Waals surface area contributed by atoms with Crippen molar-refractivity contribution in [2.45, 2.75) is 19.4 Å². The molecular formula is C23H23ClN2O2. The van der Waals surface area contributed by atoms with Gasteiger partial charge in [0.05, 0.1) is 6.04 Å². The van der Waals surface area contributed by atoms with Gasteiger partial charge in [-0.2, -0.15) is 0 Å². The van der Waals surface area contributed by atoms with Gasteiger partial charge in [-0.3, -0.25) is 9.59 Å². The summed E-state index contributed by atoms with van der Waals surface area (Å²) < 4.78 is 0. The zero-order valence-electron chi connectivity index (χ0n) is 16.0. The molecule has 2 amide bonds. The number of carbonyl (C=O) groups excluding carboxylic acids is 2. The number of benzene rings is 3. The number of nitrogens with zero attached hydrogens (tertiary/aromatic N) is 1. The van der Waals surface area contributed by atoms with Gasteiger partial charge in [-0.05, 0) is 47.5 Å². The van der Waals surface area contributed by atoms with Gasteiger partial charge in [0.2, 0.25) is 5.91 Å². The summed E-state index contributed by atoms with van der Waals surface area (Å²) in [6, 6.07) is 20.9. The predicted molar refractivity (Wildman–Crippen MR) is 114 cm³/mol. The van der Waals surface area contributed by atoms with Crippen LogP contribution in [-0.4, -0.2) is 30.3 Å². The highest BCUT2D eigenvalue weighted by Gasteiger charge is 2.17. The average molecular weight is 395 g/mol. The molecule has 1 unspecified atom stereocenters. The normalized spacial score (nSPS) is 11.8. The van der Waals surface area contributed by atoms with Crippen molar-refractivity contribution in [3.8, 4) is 0 Å².